The van der Waals surface area contributed by atoms with Crippen LogP contribution in [-0.4, -0.2) is 16.2 Å². The Kier molecular flexibility index (Phi) is 5.26. The molecule has 0 spiro atoms. The number of benzene rings is 3. The maximum atomic E-state index is 12.9. The van der Waals surface area contributed by atoms with Crippen molar-refractivity contribution >= 4 is 5.97 Å². The number of aromatic hydroxyl groups is 2. The molecule has 160 valence electrons. The van der Waals surface area contributed by atoms with Gasteiger partial charge in [0.2, 0.25) is 0 Å². The molecular weight excluding hydrogens is 388 g/mol. The van der Waals surface area contributed by atoms with E-state index in [4.69, 9.17) is 4.74 Å². The molecule has 0 saturated carbocycles. The Labute approximate surface area is 183 Å². The number of ether oxygens (including phenoxy) is 1. The number of phenolic OH excluding ortho intramolecular Hbond substituents is 2. The van der Waals surface area contributed by atoms with Crippen LogP contribution in [0.5, 0.6) is 11.5 Å². The summed E-state index contributed by atoms with van der Waals surface area (Å²) in [5.41, 5.74) is 3.30. The highest BCUT2D eigenvalue weighted by atomic mass is 16.6. The van der Waals surface area contributed by atoms with E-state index in [1.807, 2.05) is 56.3 Å². The van der Waals surface area contributed by atoms with E-state index in [9.17, 15) is 15.0 Å². The van der Waals surface area contributed by atoms with E-state index in [0.717, 1.165) is 34.2 Å². The molecule has 2 atom stereocenters. The van der Waals surface area contributed by atoms with Crippen LogP contribution in [0.1, 0.15) is 84.1 Å². The number of carbonyl (C=O) groups is 1. The molecule has 4 rings (SSSR count). The third kappa shape index (κ3) is 3.27. The Bertz CT molecular complexity index is 1150. The van der Waals surface area contributed by atoms with Gasteiger partial charge in [-0.3, -0.25) is 0 Å². The molecule has 1 aliphatic rings. The van der Waals surface area contributed by atoms with Gasteiger partial charge in [0.25, 0.3) is 0 Å². The summed E-state index contributed by atoms with van der Waals surface area (Å²) in [6.07, 6.45) is 0.872. The molecule has 3 aromatic rings. The van der Waals surface area contributed by atoms with Crippen LogP contribution in [0.3, 0.4) is 0 Å². The van der Waals surface area contributed by atoms with Crippen LogP contribution in [0.4, 0.5) is 0 Å². The summed E-state index contributed by atoms with van der Waals surface area (Å²) >= 11 is 0. The predicted octanol–water partition coefficient (Wildman–Crippen LogP) is 6.20. The fourth-order valence-corrected chi connectivity index (χ4v) is 4.44. The summed E-state index contributed by atoms with van der Waals surface area (Å²) in [4.78, 5) is 12.9. The van der Waals surface area contributed by atoms with Crippen molar-refractivity contribution in [3.05, 3.63) is 94.0 Å². The van der Waals surface area contributed by atoms with Crippen LogP contribution in [0, 0.1) is 0 Å². The largest absolute Gasteiger partial charge is 0.508 e. The standard InChI is InChI=1S/C27H28O4/c1-5-17(4)22-15-19(11-13-25(22)29)27(18-10-12-24(28)21(14-18)16(2)3)23-9-7-6-8-20(23)26(30)31-27/h6-17,28-29H,5H2,1-4H3. The molecule has 2 N–H and O–H groups in total. The number of esters is 1. The second-order valence-corrected chi connectivity index (χ2v) is 8.63. The average molecular weight is 417 g/mol. The fraction of sp³-hybridized carbons (Fsp3) is 0.296. The normalized spacial score (nSPS) is 18.7. The zero-order valence-electron chi connectivity index (χ0n) is 18.3. The molecule has 1 aliphatic heterocycles. The average Bonchev–Trinajstić information content (AvgIpc) is 3.07. The Morgan fingerprint density at radius 2 is 1.45 bits per heavy atom. The zero-order chi connectivity index (χ0) is 22.3. The Morgan fingerprint density at radius 1 is 0.871 bits per heavy atom. The first-order valence-corrected chi connectivity index (χ1v) is 10.8. The second-order valence-electron chi connectivity index (χ2n) is 8.63. The van der Waals surface area contributed by atoms with Crippen LogP contribution in [-0.2, 0) is 10.3 Å². The van der Waals surface area contributed by atoms with Crippen molar-refractivity contribution < 1.29 is 19.7 Å². The molecule has 0 radical (unpaired) electrons. The summed E-state index contributed by atoms with van der Waals surface area (Å²) in [5, 5.41) is 20.9. The smallest absolute Gasteiger partial charge is 0.340 e. The first kappa shape index (κ1) is 21.0. The van der Waals surface area contributed by atoms with Crippen molar-refractivity contribution in [3.8, 4) is 11.5 Å². The fourth-order valence-electron chi connectivity index (χ4n) is 4.44. The Hall–Kier alpha value is -3.27. The minimum absolute atomic E-state index is 0.0971. The first-order valence-electron chi connectivity index (χ1n) is 10.8. The van der Waals surface area contributed by atoms with Crippen LogP contribution in [0.25, 0.3) is 0 Å². The lowest BCUT2D eigenvalue weighted by molar-refractivity contribution is 0.0251. The van der Waals surface area contributed by atoms with E-state index >= 15 is 0 Å². The highest BCUT2D eigenvalue weighted by Crippen LogP contribution is 2.49. The van der Waals surface area contributed by atoms with Crippen molar-refractivity contribution in [1.82, 2.24) is 0 Å². The van der Waals surface area contributed by atoms with Gasteiger partial charge in [-0.15, -0.1) is 0 Å². The molecular formula is C27H28O4. The van der Waals surface area contributed by atoms with Gasteiger partial charge < -0.3 is 14.9 Å². The highest BCUT2D eigenvalue weighted by Gasteiger charge is 2.49. The van der Waals surface area contributed by atoms with E-state index in [1.165, 1.54) is 0 Å². The molecule has 4 nitrogen and oxygen atoms in total. The summed E-state index contributed by atoms with van der Waals surface area (Å²) in [7, 11) is 0. The maximum Gasteiger partial charge on any atom is 0.340 e. The maximum absolute atomic E-state index is 12.9. The van der Waals surface area contributed by atoms with Gasteiger partial charge in [0.1, 0.15) is 11.5 Å². The molecule has 0 fully saturated rings. The molecule has 0 amide bonds. The monoisotopic (exact) mass is 416 g/mol. The number of cyclic esters (lactones) is 1. The van der Waals surface area contributed by atoms with Gasteiger partial charge >= 0.3 is 5.97 Å². The minimum Gasteiger partial charge on any atom is -0.508 e. The quantitative estimate of drug-likeness (QED) is 0.486. The molecule has 0 aliphatic carbocycles. The predicted molar refractivity (Wildman–Crippen MR) is 121 cm³/mol. The molecule has 0 aromatic heterocycles. The van der Waals surface area contributed by atoms with Crippen molar-refractivity contribution in [1.29, 1.82) is 0 Å². The van der Waals surface area contributed by atoms with Crippen molar-refractivity contribution in [2.24, 2.45) is 0 Å². The van der Waals surface area contributed by atoms with Gasteiger partial charge in [0.15, 0.2) is 5.60 Å². The van der Waals surface area contributed by atoms with Crippen LogP contribution in [0.2, 0.25) is 0 Å². The number of carbonyl (C=O) groups excluding carboxylic acids is 1. The number of rotatable bonds is 5. The molecule has 2 unspecified atom stereocenters. The summed E-state index contributed by atoms with van der Waals surface area (Å²) < 4.78 is 6.17. The van der Waals surface area contributed by atoms with E-state index < -0.39 is 5.60 Å². The van der Waals surface area contributed by atoms with Gasteiger partial charge in [0, 0.05) is 16.7 Å². The topological polar surface area (TPSA) is 66.8 Å². The molecule has 1 heterocycles. The van der Waals surface area contributed by atoms with Crippen molar-refractivity contribution in [2.75, 3.05) is 0 Å². The number of hydrogen-bond donors (Lipinski definition) is 2. The van der Waals surface area contributed by atoms with Gasteiger partial charge in [-0.1, -0.05) is 58.0 Å². The molecule has 4 heteroatoms. The van der Waals surface area contributed by atoms with Crippen molar-refractivity contribution in [2.45, 2.75) is 51.6 Å². The van der Waals surface area contributed by atoms with Crippen LogP contribution >= 0.6 is 0 Å². The minimum atomic E-state index is -1.15. The Morgan fingerprint density at radius 3 is 2.06 bits per heavy atom. The lowest BCUT2D eigenvalue weighted by Crippen LogP contribution is -2.30. The summed E-state index contributed by atoms with van der Waals surface area (Å²) in [5.74, 6) is 0.320. The molecule has 31 heavy (non-hydrogen) atoms. The van der Waals surface area contributed by atoms with Gasteiger partial charge in [0.05, 0.1) is 5.56 Å². The number of fused-ring (bicyclic) bond motifs is 1. The lowest BCUT2D eigenvalue weighted by Gasteiger charge is -2.32. The van der Waals surface area contributed by atoms with E-state index in [2.05, 4.69) is 13.8 Å². The Balaban J connectivity index is 2.04. The zero-order valence-corrected chi connectivity index (χ0v) is 18.3. The summed E-state index contributed by atoms with van der Waals surface area (Å²) in [6.45, 7) is 8.17. The second kappa shape index (κ2) is 7.77. The van der Waals surface area contributed by atoms with Gasteiger partial charge in [-0.2, -0.15) is 0 Å². The molecule has 0 saturated heterocycles. The van der Waals surface area contributed by atoms with E-state index in [1.54, 1.807) is 18.2 Å². The SMILES string of the molecule is CCC(C)c1cc(C2(c3ccc(O)c(C(C)C)c3)OC(=O)c3ccccc32)ccc1O. The highest BCUT2D eigenvalue weighted by molar-refractivity contribution is 5.96. The first-order chi connectivity index (χ1) is 14.8. The number of phenols is 2. The van der Waals surface area contributed by atoms with E-state index in [-0.39, 0.29) is 29.3 Å². The molecule has 0 bridgehead atoms. The van der Waals surface area contributed by atoms with Crippen LogP contribution < -0.4 is 0 Å². The lowest BCUT2D eigenvalue weighted by atomic mass is 9.77. The van der Waals surface area contributed by atoms with Crippen LogP contribution in [0.15, 0.2) is 60.7 Å². The molecule has 3 aromatic carbocycles. The third-order valence-electron chi connectivity index (χ3n) is 6.41. The van der Waals surface area contributed by atoms with Crippen molar-refractivity contribution in [3.63, 3.8) is 0 Å². The van der Waals surface area contributed by atoms with Gasteiger partial charge in [-0.05, 0) is 59.7 Å². The summed E-state index contributed by atoms with van der Waals surface area (Å²) in [6, 6.07) is 18.3. The van der Waals surface area contributed by atoms with E-state index in [0.29, 0.717) is 5.56 Å². The number of hydrogen-bond acceptors (Lipinski definition) is 4. The third-order valence-corrected chi connectivity index (χ3v) is 6.41. The van der Waals surface area contributed by atoms with Gasteiger partial charge in [-0.25, -0.2) is 4.79 Å².